The van der Waals surface area contributed by atoms with Crippen molar-refractivity contribution in [2.75, 3.05) is 19.8 Å². The van der Waals surface area contributed by atoms with Crippen LogP contribution in [-0.4, -0.2) is 140 Å². The summed E-state index contributed by atoms with van der Waals surface area (Å²) in [4.78, 5) is 13.4. The maximum Gasteiger partial charge on any atom is 0.220 e. The first-order valence-electron chi connectivity index (χ1n) is 45.8. The smallest absolute Gasteiger partial charge is 0.220 e. The molecule has 614 valence electrons. The van der Waals surface area contributed by atoms with E-state index in [-0.39, 0.29) is 12.5 Å². The summed E-state index contributed by atoms with van der Waals surface area (Å²) in [6, 6.07) is -0.826. The Morgan fingerprint density at radius 3 is 0.825 bits per heavy atom. The molecule has 0 radical (unpaired) electrons. The lowest BCUT2D eigenvalue weighted by atomic mass is 9.97. The molecule has 0 aliphatic carbocycles. The number of rotatable bonds is 80. The molecule has 14 nitrogen and oxygen atoms in total. The van der Waals surface area contributed by atoms with Crippen molar-refractivity contribution in [2.45, 2.75) is 543 Å². The van der Waals surface area contributed by atoms with E-state index in [0.717, 1.165) is 51.4 Å². The zero-order valence-corrected chi connectivity index (χ0v) is 67.9. The number of aliphatic hydroxyl groups excluding tert-OH is 8. The van der Waals surface area contributed by atoms with Crippen molar-refractivity contribution >= 4 is 5.91 Å². The molecule has 0 spiro atoms. The van der Waals surface area contributed by atoms with Gasteiger partial charge < -0.3 is 65.1 Å². The van der Waals surface area contributed by atoms with Gasteiger partial charge in [-0.05, 0) is 12.8 Å². The maximum atomic E-state index is 13.4. The van der Waals surface area contributed by atoms with Gasteiger partial charge in [-0.1, -0.05) is 450 Å². The van der Waals surface area contributed by atoms with Crippen molar-refractivity contribution in [3.8, 4) is 0 Å². The van der Waals surface area contributed by atoms with Crippen LogP contribution in [0.3, 0.4) is 0 Å². The summed E-state index contributed by atoms with van der Waals surface area (Å²) in [5.41, 5.74) is 0. The molecule has 0 saturated carbocycles. The van der Waals surface area contributed by atoms with Crippen LogP contribution in [0.2, 0.25) is 0 Å². The van der Waals surface area contributed by atoms with Crippen LogP contribution >= 0.6 is 0 Å². The van der Waals surface area contributed by atoms with Crippen molar-refractivity contribution in [1.29, 1.82) is 0 Å². The predicted octanol–water partition coefficient (Wildman–Crippen LogP) is 22.2. The normalized spacial score (nSPS) is 21.4. The Bertz CT molecular complexity index is 1730. The van der Waals surface area contributed by atoms with E-state index in [9.17, 15) is 45.6 Å². The van der Waals surface area contributed by atoms with Crippen LogP contribution in [-0.2, 0) is 23.7 Å². The molecule has 0 bridgehead atoms. The average Bonchev–Trinajstić information content (AvgIpc) is 0.791. The fourth-order valence-electron chi connectivity index (χ4n) is 15.9. The van der Waals surface area contributed by atoms with Crippen LogP contribution in [0.15, 0.2) is 0 Å². The van der Waals surface area contributed by atoms with Crippen molar-refractivity contribution in [3.05, 3.63) is 0 Å². The lowest BCUT2D eigenvalue weighted by Gasteiger charge is -2.46. The number of unbranched alkanes of at least 4 members (excludes halogenated alkanes) is 67. The summed E-state index contributed by atoms with van der Waals surface area (Å²) < 4.78 is 23.0. The molecule has 9 N–H and O–H groups in total. The third kappa shape index (κ3) is 56.0. The second-order valence-corrected chi connectivity index (χ2v) is 32.8. The summed E-state index contributed by atoms with van der Waals surface area (Å²) in [5, 5.41) is 88.0. The average molecular weight is 1470 g/mol. The molecule has 0 aromatic rings. The Hall–Kier alpha value is -1.01. The number of aliphatic hydroxyl groups is 8. The Labute approximate surface area is 635 Å². The zero-order chi connectivity index (χ0) is 74.4. The van der Waals surface area contributed by atoms with Gasteiger partial charge in [-0.3, -0.25) is 4.79 Å². The largest absolute Gasteiger partial charge is 0.394 e. The number of hydrogen-bond donors (Lipinski definition) is 9. The number of nitrogens with one attached hydrogen (secondary N) is 1. The second kappa shape index (κ2) is 73.8. The molecule has 1 amide bonds. The molecule has 2 saturated heterocycles. The van der Waals surface area contributed by atoms with E-state index in [1.807, 2.05) is 0 Å². The number of amides is 1. The van der Waals surface area contributed by atoms with E-state index >= 15 is 0 Å². The Kier molecular flexibility index (Phi) is 70.2. The summed E-state index contributed by atoms with van der Waals surface area (Å²) in [6.07, 6.45) is 77.7. The fourth-order valence-corrected chi connectivity index (χ4v) is 15.9. The van der Waals surface area contributed by atoms with Gasteiger partial charge in [0, 0.05) is 6.42 Å². The van der Waals surface area contributed by atoms with Crippen LogP contribution in [0.25, 0.3) is 0 Å². The second-order valence-electron chi connectivity index (χ2n) is 32.8. The highest BCUT2D eigenvalue weighted by Crippen LogP contribution is 2.31. The van der Waals surface area contributed by atoms with Gasteiger partial charge in [0.15, 0.2) is 12.6 Å². The highest BCUT2D eigenvalue weighted by molar-refractivity contribution is 5.76. The monoisotopic (exact) mass is 1470 g/mol. The minimum Gasteiger partial charge on any atom is -0.394 e. The van der Waals surface area contributed by atoms with Gasteiger partial charge in [-0.2, -0.15) is 0 Å². The highest BCUT2D eigenvalue weighted by atomic mass is 16.7. The van der Waals surface area contributed by atoms with Crippen LogP contribution in [0.5, 0.6) is 0 Å². The van der Waals surface area contributed by atoms with Crippen LogP contribution in [0.1, 0.15) is 470 Å². The van der Waals surface area contributed by atoms with E-state index in [1.54, 1.807) is 0 Å². The van der Waals surface area contributed by atoms with Crippen molar-refractivity contribution in [1.82, 2.24) is 5.32 Å². The van der Waals surface area contributed by atoms with Crippen LogP contribution < -0.4 is 5.32 Å². The van der Waals surface area contributed by atoms with Crippen molar-refractivity contribution < 1.29 is 64.6 Å². The van der Waals surface area contributed by atoms with E-state index in [0.29, 0.717) is 12.8 Å². The molecule has 0 aromatic carbocycles. The Balaban J connectivity index is 1.53. The molecule has 2 rings (SSSR count). The molecule has 12 unspecified atom stereocenters. The number of hydrogen-bond acceptors (Lipinski definition) is 13. The van der Waals surface area contributed by atoms with Crippen molar-refractivity contribution in [3.63, 3.8) is 0 Å². The standard InChI is InChI=1S/C89H175NO13/c1-3-5-7-9-11-13-15-17-19-21-23-25-27-29-31-33-34-35-36-37-38-39-40-41-42-43-45-47-49-51-53-55-57-59-61-63-65-67-69-71-73-81(94)90-77(76-100-88-86(99)84(97)87(80(75-92)102-88)103-89-85(98)83(96)82(95)79(74-91)101-89)78(93)72-70-68-66-64-62-60-58-56-54-52-50-48-46-44-32-30-28-26-24-22-20-18-16-14-12-10-8-6-4-2/h77-80,82-89,91-93,95-99H,3-76H2,1-2H3,(H,90,94). The minimum atomic E-state index is -1.78. The third-order valence-corrected chi connectivity index (χ3v) is 23.1. The van der Waals surface area contributed by atoms with Gasteiger partial charge in [0.05, 0.1) is 32.0 Å². The van der Waals surface area contributed by atoms with E-state index < -0.39 is 86.8 Å². The molecular formula is C89H175NO13. The summed E-state index contributed by atoms with van der Waals surface area (Å²) >= 11 is 0. The van der Waals surface area contributed by atoms with E-state index in [2.05, 4.69) is 19.2 Å². The SMILES string of the molecule is CCCCCCCCCCCCCCCCCCCCCCCCCCCCCCCCCCCCCCCCCCC(=O)NC(COC1OC(CO)C(OC2OC(CO)C(O)C(O)C2O)C(O)C1O)C(O)CCCCCCCCCCCCCCCCCCCCCCCCCCCCCCC. The quantitative estimate of drug-likeness (QED) is 0.0259. The lowest BCUT2D eigenvalue weighted by molar-refractivity contribution is -0.359. The van der Waals surface area contributed by atoms with Gasteiger partial charge >= 0.3 is 0 Å². The zero-order valence-electron chi connectivity index (χ0n) is 67.9. The molecule has 12 atom stereocenters. The van der Waals surface area contributed by atoms with E-state index in [1.165, 1.54) is 392 Å². The first kappa shape index (κ1) is 98.1. The topological polar surface area (TPSA) is 228 Å². The number of ether oxygens (including phenoxy) is 4. The predicted molar refractivity (Wildman–Crippen MR) is 429 cm³/mol. The molecule has 2 aliphatic heterocycles. The van der Waals surface area contributed by atoms with Gasteiger partial charge in [0.2, 0.25) is 5.91 Å². The Morgan fingerprint density at radius 2 is 0.553 bits per heavy atom. The van der Waals surface area contributed by atoms with Gasteiger partial charge in [-0.15, -0.1) is 0 Å². The Morgan fingerprint density at radius 1 is 0.311 bits per heavy atom. The van der Waals surface area contributed by atoms with Gasteiger partial charge in [-0.25, -0.2) is 0 Å². The lowest BCUT2D eigenvalue weighted by Crippen LogP contribution is -2.65. The molecule has 2 fully saturated rings. The summed E-state index contributed by atoms with van der Waals surface area (Å²) in [7, 11) is 0. The van der Waals surface area contributed by atoms with E-state index in [4.69, 9.17) is 18.9 Å². The van der Waals surface area contributed by atoms with Gasteiger partial charge in [0.1, 0.15) is 48.8 Å². The first-order valence-corrected chi connectivity index (χ1v) is 45.8. The highest BCUT2D eigenvalue weighted by Gasteiger charge is 2.51. The molecule has 2 heterocycles. The third-order valence-electron chi connectivity index (χ3n) is 23.1. The molecule has 2 aliphatic rings. The van der Waals surface area contributed by atoms with Crippen LogP contribution in [0, 0.1) is 0 Å². The molecule has 14 heteroatoms. The minimum absolute atomic E-state index is 0.193. The number of carbonyl (C=O) groups excluding carboxylic acids is 1. The summed E-state index contributed by atoms with van der Waals surface area (Å²) in [6.45, 7) is 2.96. The molecule has 103 heavy (non-hydrogen) atoms. The fraction of sp³-hybridized carbons (Fsp3) is 0.989. The molecule has 0 aromatic heterocycles. The van der Waals surface area contributed by atoms with Crippen molar-refractivity contribution in [2.24, 2.45) is 0 Å². The van der Waals surface area contributed by atoms with Crippen LogP contribution in [0.4, 0.5) is 0 Å². The molecular weight excluding hydrogens is 1290 g/mol. The number of carbonyl (C=O) groups is 1. The summed E-state index contributed by atoms with van der Waals surface area (Å²) in [5.74, 6) is -0.193. The maximum absolute atomic E-state index is 13.4. The first-order chi connectivity index (χ1) is 50.6. The van der Waals surface area contributed by atoms with Gasteiger partial charge in [0.25, 0.3) is 0 Å².